The predicted octanol–water partition coefficient (Wildman–Crippen LogP) is 4.49. The lowest BCUT2D eigenvalue weighted by molar-refractivity contribution is -0.127. The number of likely N-dealkylation sites (tertiary alicyclic amines) is 1. The first-order chi connectivity index (χ1) is 14.1. The minimum absolute atomic E-state index is 0.0281. The summed E-state index contributed by atoms with van der Waals surface area (Å²) in [4.78, 5) is 15.3. The Hall–Kier alpha value is -1.60. The summed E-state index contributed by atoms with van der Waals surface area (Å²) < 4.78 is 23.2. The fourth-order valence-electron chi connectivity index (χ4n) is 3.66. The van der Waals surface area contributed by atoms with Gasteiger partial charge in [-0.25, -0.2) is 8.42 Å². The van der Waals surface area contributed by atoms with Gasteiger partial charge in [-0.15, -0.1) is 0 Å². The SMILES string of the molecule is C[C@H](NC(=O)C1CCN(Cc2ccc(Cl)cc2Cl)CC1)c1ccc(S(C)(=O)=O)cc1. The molecule has 1 aliphatic rings. The number of hydrogen-bond donors (Lipinski definition) is 1. The number of amides is 1. The van der Waals surface area contributed by atoms with Gasteiger partial charge >= 0.3 is 0 Å². The third-order valence-corrected chi connectivity index (χ3v) is 7.25. The average molecular weight is 469 g/mol. The molecule has 0 radical (unpaired) electrons. The molecule has 1 aliphatic heterocycles. The number of halogens is 2. The molecular weight excluding hydrogens is 443 g/mol. The van der Waals surface area contributed by atoms with Gasteiger partial charge in [0.05, 0.1) is 10.9 Å². The smallest absolute Gasteiger partial charge is 0.223 e. The van der Waals surface area contributed by atoms with Crippen molar-refractivity contribution in [1.29, 1.82) is 0 Å². The molecule has 1 saturated heterocycles. The Bertz CT molecular complexity index is 1000. The maximum atomic E-state index is 12.7. The van der Waals surface area contributed by atoms with Gasteiger partial charge in [0.1, 0.15) is 0 Å². The fourth-order valence-corrected chi connectivity index (χ4v) is 4.76. The third-order valence-electron chi connectivity index (χ3n) is 5.53. The molecule has 30 heavy (non-hydrogen) atoms. The van der Waals surface area contributed by atoms with Crippen LogP contribution in [0.3, 0.4) is 0 Å². The van der Waals surface area contributed by atoms with Crippen LogP contribution in [-0.2, 0) is 21.2 Å². The van der Waals surface area contributed by atoms with Gasteiger partial charge in [0.15, 0.2) is 9.84 Å². The maximum absolute atomic E-state index is 12.7. The molecule has 5 nitrogen and oxygen atoms in total. The van der Waals surface area contributed by atoms with Gasteiger partial charge in [0.2, 0.25) is 5.91 Å². The number of hydrogen-bond acceptors (Lipinski definition) is 4. The molecular formula is C22H26Cl2N2O3S. The van der Waals surface area contributed by atoms with E-state index in [1.165, 1.54) is 6.26 Å². The number of sulfone groups is 1. The minimum atomic E-state index is -3.23. The van der Waals surface area contributed by atoms with E-state index in [9.17, 15) is 13.2 Å². The van der Waals surface area contributed by atoms with Crippen LogP contribution in [0.2, 0.25) is 10.0 Å². The zero-order valence-corrected chi connectivity index (χ0v) is 19.4. The molecule has 0 aliphatic carbocycles. The maximum Gasteiger partial charge on any atom is 0.223 e. The van der Waals surface area contributed by atoms with Crippen molar-refractivity contribution < 1.29 is 13.2 Å². The van der Waals surface area contributed by atoms with E-state index in [1.807, 2.05) is 19.1 Å². The number of nitrogens with one attached hydrogen (secondary N) is 1. The highest BCUT2D eigenvalue weighted by Crippen LogP contribution is 2.25. The molecule has 1 fully saturated rings. The largest absolute Gasteiger partial charge is 0.349 e. The van der Waals surface area contributed by atoms with Gasteiger partial charge in [-0.2, -0.15) is 0 Å². The van der Waals surface area contributed by atoms with Gasteiger partial charge in [0.25, 0.3) is 0 Å². The Balaban J connectivity index is 1.51. The van der Waals surface area contributed by atoms with Gasteiger partial charge in [-0.3, -0.25) is 9.69 Å². The van der Waals surface area contributed by atoms with Crippen LogP contribution in [0, 0.1) is 5.92 Å². The Morgan fingerprint density at radius 3 is 2.33 bits per heavy atom. The van der Waals surface area contributed by atoms with E-state index in [2.05, 4.69) is 10.2 Å². The molecule has 3 rings (SSSR count). The highest BCUT2D eigenvalue weighted by molar-refractivity contribution is 7.90. The monoisotopic (exact) mass is 468 g/mol. The molecule has 1 atom stereocenters. The normalized spacial score (nSPS) is 16.9. The van der Waals surface area contributed by atoms with E-state index in [0.29, 0.717) is 10.0 Å². The van der Waals surface area contributed by atoms with E-state index in [1.54, 1.807) is 30.3 Å². The van der Waals surface area contributed by atoms with Crippen LogP contribution in [0.15, 0.2) is 47.4 Å². The highest BCUT2D eigenvalue weighted by Gasteiger charge is 2.26. The summed E-state index contributed by atoms with van der Waals surface area (Å²) in [5.74, 6) is 0.0125. The molecule has 0 saturated carbocycles. The van der Waals surface area contributed by atoms with E-state index in [-0.39, 0.29) is 22.8 Å². The number of rotatable bonds is 6. The first kappa shape index (κ1) is 23.1. The minimum Gasteiger partial charge on any atom is -0.349 e. The molecule has 2 aromatic rings. The van der Waals surface area contributed by atoms with Crippen LogP contribution < -0.4 is 5.32 Å². The number of piperidine rings is 1. The van der Waals surface area contributed by atoms with Crippen LogP contribution in [0.4, 0.5) is 0 Å². The Labute approximate surface area is 188 Å². The highest BCUT2D eigenvalue weighted by atomic mass is 35.5. The van der Waals surface area contributed by atoms with Gasteiger partial charge in [0, 0.05) is 28.8 Å². The third kappa shape index (κ3) is 5.97. The van der Waals surface area contributed by atoms with E-state index >= 15 is 0 Å². The Morgan fingerprint density at radius 2 is 1.77 bits per heavy atom. The zero-order valence-electron chi connectivity index (χ0n) is 17.1. The van der Waals surface area contributed by atoms with E-state index in [0.717, 1.165) is 43.6 Å². The Morgan fingerprint density at radius 1 is 1.13 bits per heavy atom. The van der Waals surface area contributed by atoms with E-state index < -0.39 is 9.84 Å². The second kappa shape index (κ2) is 9.69. The van der Waals surface area contributed by atoms with Crippen LogP contribution in [0.1, 0.15) is 36.9 Å². The topological polar surface area (TPSA) is 66.5 Å². The van der Waals surface area contributed by atoms with Crippen molar-refractivity contribution in [3.05, 3.63) is 63.6 Å². The summed E-state index contributed by atoms with van der Waals surface area (Å²) in [6.45, 7) is 4.31. The lowest BCUT2D eigenvalue weighted by Crippen LogP contribution is -2.40. The van der Waals surface area contributed by atoms with Crippen molar-refractivity contribution in [3.8, 4) is 0 Å². The van der Waals surface area contributed by atoms with Crippen LogP contribution in [-0.4, -0.2) is 38.6 Å². The van der Waals surface area contributed by atoms with Crippen molar-refractivity contribution in [2.75, 3.05) is 19.3 Å². The summed E-state index contributed by atoms with van der Waals surface area (Å²) in [5.41, 5.74) is 1.92. The lowest BCUT2D eigenvalue weighted by atomic mass is 9.95. The van der Waals surface area contributed by atoms with Crippen LogP contribution in [0.5, 0.6) is 0 Å². The van der Waals surface area contributed by atoms with Crippen molar-refractivity contribution in [1.82, 2.24) is 10.2 Å². The van der Waals surface area contributed by atoms with Crippen molar-refractivity contribution in [3.63, 3.8) is 0 Å². The summed E-state index contributed by atoms with van der Waals surface area (Å²) >= 11 is 12.2. The van der Waals surface area contributed by atoms with Crippen LogP contribution in [0.25, 0.3) is 0 Å². The van der Waals surface area contributed by atoms with Gasteiger partial charge < -0.3 is 5.32 Å². The molecule has 1 N–H and O–H groups in total. The first-order valence-electron chi connectivity index (χ1n) is 9.90. The molecule has 162 valence electrons. The molecule has 0 aromatic heterocycles. The summed E-state index contributed by atoms with van der Waals surface area (Å²) in [6, 6.07) is 12.0. The standard InChI is InChI=1S/C22H26Cl2N2O3S/c1-15(16-4-7-20(8-5-16)30(2,28)29)25-22(27)17-9-11-26(12-10-17)14-18-3-6-19(23)13-21(18)24/h3-8,13,15,17H,9-12,14H2,1-2H3,(H,25,27)/t15-/m0/s1. The Kier molecular flexibility index (Phi) is 7.45. The molecule has 1 heterocycles. The molecule has 8 heteroatoms. The molecule has 0 spiro atoms. The second-order valence-corrected chi connectivity index (χ2v) is 10.7. The quantitative estimate of drug-likeness (QED) is 0.677. The summed E-state index contributed by atoms with van der Waals surface area (Å²) in [6.07, 6.45) is 2.76. The number of carbonyl (C=O) groups excluding carboxylic acids is 1. The zero-order chi connectivity index (χ0) is 21.9. The second-order valence-electron chi connectivity index (χ2n) is 7.86. The van der Waals surface area contributed by atoms with Crippen molar-refractivity contribution in [2.45, 2.75) is 37.2 Å². The van der Waals surface area contributed by atoms with Crippen molar-refractivity contribution >= 4 is 38.9 Å². The number of benzene rings is 2. The number of carbonyl (C=O) groups is 1. The molecule has 0 unspecified atom stereocenters. The molecule has 2 aromatic carbocycles. The van der Waals surface area contributed by atoms with Gasteiger partial charge in [-0.1, -0.05) is 41.4 Å². The lowest BCUT2D eigenvalue weighted by Gasteiger charge is -2.32. The first-order valence-corrected chi connectivity index (χ1v) is 12.5. The summed E-state index contributed by atoms with van der Waals surface area (Å²) in [7, 11) is -3.23. The van der Waals surface area contributed by atoms with Crippen molar-refractivity contribution in [2.24, 2.45) is 5.92 Å². The predicted molar refractivity (Wildman–Crippen MR) is 121 cm³/mol. The summed E-state index contributed by atoms with van der Waals surface area (Å²) in [5, 5.41) is 4.35. The number of nitrogens with zero attached hydrogens (tertiary/aromatic N) is 1. The van der Waals surface area contributed by atoms with E-state index in [4.69, 9.17) is 23.2 Å². The molecule has 1 amide bonds. The van der Waals surface area contributed by atoms with Crippen LogP contribution >= 0.6 is 23.2 Å². The fraction of sp³-hybridized carbons (Fsp3) is 0.409. The van der Waals surface area contributed by atoms with Gasteiger partial charge in [-0.05, 0) is 68.2 Å². The molecule has 0 bridgehead atoms. The average Bonchev–Trinajstić information content (AvgIpc) is 2.70.